The molecule has 0 atom stereocenters. The fourth-order valence-electron chi connectivity index (χ4n) is 1.49. The van der Waals surface area contributed by atoms with E-state index in [0.717, 1.165) is 30.6 Å². The maximum atomic E-state index is 9.20. The van der Waals surface area contributed by atoms with E-state index in [1.165, 1.54) is 0 Å². The Hall–Kier alpha value is -1.38. The highest BCUT2D eigenvalue weighted by Gasteiger charge is 2.11. The van der Waals surface area contributed by atoms with E-state index in [1.807, 2.05) is 0 Å². The largest absolute Gasteiger partial charge is 0.504 e. The number of hydrogen-bond acceptors (Lipinski definition) is 3. The average Bonchev–Trinajstić information content (AvgIpc) is 2.07. The zero-order valence-electron chi connectivity index (χ0n) is 6.67. The topological polar surface area (TPSA) is 52.5 Å². The van der Waals surface area contributed by atoms with Gasteiger partial charge in [-0.15, -0.1) is 0 Å². The first-order chi connectivity index (χ1) is 5.77. The van der Waals surface area contributed by atoms with Crippen LogP contribution in [0.5, 0.6) is 11.5 Å². The summed E-state index contributed by atoms with van der Waals surface area (Å²) < 4.78 is 0. The normalized spacial score (nSPS) is 15.0. The Balaban J connectivity index is 2.49. The average molecular weight is 165 g/mol. The lowest BCUT2D eigenvalue weighted by Gasteiger charge is -2.18. The molecule has 0 bridgehead atoms. The molecule has 0 aromatic heterocycles. The minimum atomic E-state index is -0.0526. The third-order valence-corrected chi connectivity index (χ3v) is 2.14. The standard InChI is InChI=1S/C9H11NO2/c11-8-4-6-2-1-3-10-7(6)5-9(8)12/h4-5,10-12H,1-3H2. The van der Waals surface area contributed by atoms with Crippen molar-refractivity contribution in [2.45, 2.75) is 12.8 Å². The summed E-state index contributed by atoms with van der Waals surface area (Å²) in [6.45, 7) is 0.942. The van der Waals surface area contributed by atoms with E-state index >= 15 is 0 Å². The van der Waals surface area contributed by atoms with E-state index in [1.54, 1.807) is 12.1 Å². The summed E-state index contributed by atoms with van der Waals surface area (Å²) in [6.07, 6.45) is 2.05. The molecule has 0 amide bonds. The quantitative estimate of drug-likeness (QED) is 0.403. The van der Waals surface area contributed by atoms with Crippen molar-refractivity contribution in [3.05, 3.63) is 17.7 Å². The van der Waals surface area contributed by atoms with E-state index in [4.69, 9.17) is 0 Å². The molecule has 0 saturated carbocycles. The van der Waals surface area contributed by atoms with E-state index in [2.05, 4.69) is 5.32 Å². The summed E-state index contributed by atoms with van der Waals surface area (Å²) >= 11 is 0. The van der Waals surface area contributed by atoms with E-state index in [-0.39, 0.29) is 11.5 Å². The van der Waals surface area contributed by atoms with Gasteiger partial charge in [-0.1, -0.05) is 0 Å². The van der Waals surface area contributed by atoms with Crippen molar-refractivity contribution in [1.29, 1.82) is 0 Å². The second-order valence-electron chi connectivity index (χ2n) is 3.03. The molecule has 0 spiro atoms. The fraction of sp³-hybridized carbons (Fsp3) is 0.333. The molecule has 1 aliphatic rings. The number of aryl methyl sites for hydroxylation is 1. The van der Waals surface area contributed by atoms with Crippen molar-refractivity contribution in [1.82, 2.24) is 0 Å². The van der Waals surface area contributed by atoms with Gasteiger partial charge in [0.1, 0.15) is 0 Å². The van der Waals surface area contributed by atoms with Crippen LogP contribution < -0.4 is 5.32 Å². The monoisotopic (exact) mass is 165 g/mol. The molecule has 2 rings (SSSR count). The number of rotatable bonds is 0. The number of anilines is 1. The highest BCUT2D eigenvalue weighted by atomic mass is 16.3. The van der Waals surface area contributed by atoms with E-state index in [0.29, 0.717) is 0 Å². The Bertz CT molecular complexity index is 279. The molecule has 3 N–H and O–H groups in total. The lowest BCUT2D eigenvalue weighted by molar-refractivity contribution is 0.403. The van der Waals surface area contributed by atoms with Crippen molar-refractivity contribution in [2.24, 2.45) is 0 Å². The summed E-state index contributed by atoms with van der Waals surface area (Å²) in [4.78, 5) is 0. The number of phenolic OH excluding ortho intramolecular Hbond substituents is 2. The number of benzene rings is 1. The van der Waals surface area contributed by atoms with Crippen LogP contribution in [-0.2, 0) is 6.42 Å². The molecule has 3 heteroatoms. The van der Waals surface area contributed by atoms with E-state index < -0.39 is 0 Å². The molecule has 0 aliphatic carbocycles. The number of fused-ring (bicyclic) bond motifs is 1. The van der Waals surface area contributed by atoms with Gasteiger partial charge in [0.25, 0.3) is 0 Å². The van der Waals surface area contributed by atoms with Crippen LogP contribution in [0, 0.1) is 0 Å². The first kappa shape index (κ1) is 7.28. The molecule has 1 aromatic carbocycles. The number of hydrogen-bond donors (Lipinski definition) is 3. The predicted octanol–water partition coefficient (Wildman–Crippen LogP) is 1.46. The number of nitrogens with one attached hydrogen (secondary N) is 1. The fourth-order valence-corrected chi connectivity index (χ4v) is 1.49. The minimum absolute atomic E-state index is 0.0301. The van der Waals surface area contributed by atoms with Crippen molar-refractivity contribution >= 4 is 5.69 Å². The molecular formula is C9H11NO2. The molecule has 64 valence electrons. The Morgan fingerprint density at radius 1 is 1.17 bits per heavy atom. The summed E-state index contributed by atoms with van der Waals surface area (Å²) in [5.74, 6) is -0.0828. The van der Waals surface area contributed by atoms with Crippen LogP contribution in [0.4, 0.5) is 5.69 Å². The first-order valence-corrected chi connectivity index (χ1v) is 4.06. The molecule has 1 aromatic rings. The van der Waals surface area contributed by atoms with Crippen LogP contribution in [0.1, 0.15) is 12.0 Å². The zero-order valence-corrected chi connectivity index (χ0v) is 6.67. The molecule has 12 heavy (non-hydrogen) atoms. The van der Waals surface area contributed by atoms with Crippen LogP contribution in [0.2, 0.25) is 0 Å². The number of phenols is 2. The zero-order chi connectivity index (χ0) is 8.55. The van der Waals surface area contributed by atoms with Gasteiger partial charge in [0.2, 0.25) is 0 Å². The van der Waals surface area contributed by atoms with Gasteiger partial charge in [-0.05, 0) is 24.5 Å². The maximum Gasteiger partial charge on any atom is 0.159 e. The van der Waals surface area contributed by atoms with Crippen molar-refractivity contribution < 1.29 is 10.2 Å². The molecule has 1 aliphatic heterocycles. The van der Waals surface area contributed by atoms with Crippen molar-refractivity contribution in [2.75, 3.05) is 11.9 Å². The van der Waals surface area contributed by atoms with Gasteiger partial charge in [-0.2, -0.15) is 0 Å². The van der Waals surface area contributed by atoms with Gasteiger partial charge in [0, 0.05) is 18.3 Å². The molecule has 0 unspecified atom stereocenters. The molecule has 0 fully saturated rings. The smallest absolute Gasteiger partial charge is 0.159 e. The van der Waals surface area contributed by atoms with Crippen LogP contribution in [0.15, 0.2) is 12.1 Å². The summed E-state index contributed by atoms with van der Waals surface area (Å²) in [5.41, 5.74) is 2.02. The maximum absolute atomic E-state index is 9.20. The SMILES string of the molecule is Oc1cc2c(cc1O)NCCC2. The van der Waals surface area contributed by atoms with Crippen LogP contribution in [-0.4, -0.2) is 16.8 Å². The first-order valence-electron chi connectivity index (χ1n) is 4.06. The Labute approximate surface area is 70.7 Å². The molecule has 0 radical (unpaired) electrons. The summed E-state index contributed by atoms with van der Waals surface area (Å²) in [6, 6.07) is 3.20. The van der Waals surface area contributed by atoms with E-state index in [9.17, 15) is 10.2 Å². The van der Waals surface area contributed by atoms with Gasteiger partial charge in [0.15, 0.2) is 11.5 Å². The molecule has 3 nitrogen and oxygen atoms in total. The van der Waals surface area contributed by atoms with Crippen LogP contribution >= 0.6 is 0 Å². The number of aromatic hydroxyl groups is 2. The van der Waals surface area contributed by atoms with Gasteiger partial charge < -0.3 is 15.5 Å². The third-order valence-electron chi connectivity index (χ3n) is 2.14. The molecular weight excluding hydrogens is 154 g/mol. The second-order valence-corrected chi connectivity index (χ2v) is 3.03. The van der Waals surface area contributed by atoms with Gasteiger partial charge in [-0.3, -0.25) is 0 Å². The highest BCUT2D eigenvalue weighted by molar-refractivity contribution is 5.60. The van der Waals surface area contributed by atoms with Crippen molar-refractivity contribution in [3.63, 3.8) is 0 Å². The molecule has 1 heterocycles. The highest BCUT2D eigenvalue weighted by Crippen LogP contribution is 2.33. The van der Waals surface area contributed by atoms with Crippen LogP contribution in [0.25, 0.3) is 0 Å². The minimum Gasteiger partial charge on any atom is -0.504 e. The summed E-state index contributed by atoms with van der Waals surface area (Å²) in [7, 11) is 0. The Kier molecular flexibility index (Phi) is 1.57. The molecule has 0 saturated heterocycles. The predicted molar refractivity (Wildman–Crippen MR) is 46.6 cm³/mol. The van der Waals surface area contributed by atoms with Gasteiger partial charge >= 0.3 is 0 Å². The van der Waals surface area contributed by atoms with Crippen LogP contribution in [0.3, 0.4) is 0 Å². The third kappa shape index (κ3) is 1.07. The Morgan fingerprint density at radius 3 is 2.75 bits per heavy atom. The Morgan fingerprint density at radius 2 is 1.92 bits per heavy atom. The lowest BCUT2D eigenvalue weighted by atomic mass is 10.0. The van der Waals surface area contributed by atoms with Gasteiger partial charge in [0.05, 0.1) is 0 Å². The van der Waals surface area contributed by atoms with Crippen molar-refractivity contribution in [3.8, 4) is 11.5 Å². The second kappa shape index (κ2) is 2.59. The van der Waals surface area contributed by atoms with Gasteiger partial charge in [-0.25, -0.2) is 0 Å². The summed E-state index contributed by atoms with van der Waals surface area (Å²) in [5, 5.41) is 21.5. The lowest BCUT2D eigenvalue weighted by Crippen LogP contribution is -2.11.